The molecule has 4 rings (SSSR count). The SMILES string of the molecule is CCCCCCCCCCC(C)COC(=O)O[C@H]1CC[C@H]2[C@@H]3CCC4=CC(=O)CC[C@@H]4[C@H]3CC[C@]12C. The van der Waals surface area contributed by atoms with Gasteiger partial charge in [0, 0.05) is 11.8 Å². The largest absolute Gasteiger partial charge is 0.508 e. The van der Waals surface area contributed by atoms with Crippen LogP contribution in [0.5, 0.6) is 0 Å². The van der Waals surface area contributed by atoms with Crippen molar-refractivity contribution in [2.75, 3.05) is 6.61 Å². The molecule has 4 aliphatic carbocycles. The molecule has 0 aromatic rings. The van der Waals surface area contributed by atoms with Crippen LogP contribution in [0.25, 0.3) is 0 Å². The predicted molar refractivity (Wildman–Crippen MR) is 145 cm³/mol. The molecule has 0 aliphatic heterocycles. The molecule has 3 saturated carbocycles. The van der Waals surface area contributed by atoms with Crippen molar-refractivity contribution in [3.05, 3.63) is 11.6 Å². The van der Waals surface area contributed by atoms with E-state index in [4.69, 9.17) is 9.47 Å². The van der Waals surface area contributed by atoms with Gasteiger partial charge in [0.15, 0.2) is 5.78 Å². The Morgan fingerprint density at radius 2 is 1.72 bits per heavy atom. The quantitative estimate of drug-likeness (QED) is 0.198. The lowest BCUT2D eigenvalue weighted by molar-refractivity contribution is -0.116. The highest BCUT2D eigenvalue weighted by Gasteiger charge is 2.57. The number of hydrogen-bond donors (Lipinski definition) is 0. The lowest BCUT2D eigenvalue weighted by Crippen LogP contribution is -2.48. The first-order valence-electron chi connectivity index (χ1n) is 15.5. The molecule has 3 fully saturated rings. The third kappa shape index (κ3) is 6.57. The maximum absolute atomic E-state index is 12.6. The number of carbonyl (C=O) groups excluding carboxylic acids is 2. The molecule has 0 aromatic carbocycles. The Morgan fingerprint density at radius 3 is 2.50 bits per heavy atom. The van der Waals surface area contributed by atoms with Crippen molar-refractivity contribution in [3.8, 4) is 0 Å². The number of fused-ring (bicyclic) bond motifs is 5. The Morgan fingerprint density at radius 1 is 0.972 bits per heavy atom. The van der Waals surface area contributed by atoms with E-state index < -0.39 is 6.16 Å². The molecule has 0 bridgehead atoms. The van der Waals surface area contributed by atoms with Crippen molar-refractivity contribution in [2.24, 2.45) is 35.0 Å². The Balaban J connectivity index is 1.17. The van der Waals surface area contributed by atoms with Gasteiger partial charge in [0.2, 0.25) is 0 Å². The van der Waals surface area contributed by atoms with Crippen molar-refractivity contribution >= 4 is 11.9 Å². The van der Waals surface area contributed by atoms with Crippen LogP contribution in [0.1, 0.15) is 130 Å². The summed E-state index contributed by atoms with van der Waals surface area (Å²) in [5.41, 5.74) is 1.51. The zero-order chi connectivity index (χ0) is 25.5. The summed E-state index contributed by atoms with van der Waals surface area (Å²) < 4.78 is 11.6. The van der Waals surface area contributed by atoms with Crippen molar-refractivity contribution in [1.82, 2.24) is 0 Å². The zero-order valence-corrected chi connectivity index (χ0v) is 23.4. The van der Waals surface area contributed by atoms with Crippen LogP contribution in [0.2, 0.25) is 0 Å². The summed E-state index contributed by atoms with van der Waals surface area (Å²) in [6.45, 7) is 7.30. The van der Waals surface area contributed by atoms with E-state index in [1.165, 1.54) is 69.8 Å². The summed E-state index contributed by atoms with van der Waals surface area (Å²) in [7, 11) is 0. The molecule has 0 radical (unpaired) electrons. The minimum Gasteiger partial charge on any atom is -0.434 e. The van der Waals surface area contributed by atoms with Gasteiger partial charge in [-0.15, -0.1) is 0 Å². The number of carbonyl (C=O) groups is 2. The number of hydrogen-bond acceptors (Lipinski definition) is 4. The van der Waals surface area contributed by atoms with Gasteiger partial charge < -0.3 is 9.47 Å². The monoisotopic (exact) mass is 500 g/mol. The average Bonchev–Trinajstić information content (AvgIpc) is 3.20. The molecule has 36 heavy (non-hydrogen) atoms. The highest BCUT2D eigenvalue weighted by molar-refractivity contribution is 5.91. The number of unbranched alkanes of at least 4 members (excludes halogenated alkanes) is 7. The first-order valence-corrected chi connectivity index (χ1v) is 15.5. The number of ether oxygens (including phenoxy) is 2. The van der Waals surface area contributed by atoms with Crippen LogP contribution in [-0.2, 0) is 14.3 Å². The Bertz CT molecular complexity index is 772. The Hall–Kier alpha value is -1.32. The molecule has 1 unspecified atom stereocenters. The second-order valence-corrected chi connectivity index (χ2v) is 13.0. The predicted octanol–water partition coefficient (Wildman–Crippen LogP) is 8.82. The van der Waals surface area contributed by atoms with Crippen LogP contribution >= 0.6 is 0 Å². The van der Waals surface area contributed by atoms with Gasteiger partial charge in [-0.1, -0.05) is 77.7 Å². The normalized spacial score (nSPS) is 34.2. The van der Waals surface area contributed by atoms with Gasteiger partial charge in [-0.25, -0.2) is 4.79 Å². The second-order valence-electron chi connectivity index (χ2n) is 13.0. The molecule has 7 atom stereocenters. The number of ketones is 1. The molecule has 0 aromatic heterocycles. The standard InChI is InChI=1S/C32H52O4/c1-4-5-6-7-8-9-10-11-12-23(2)22-35-31(34)36-30-18-17-29-28-15-13-24-21-25(33)14-16-26(24)27(28)19-20-32(29,30)3/h21,23,26-30H,4-20,22H2,1-3H3/t23?,26-,27+,28+,29-,30-,32-/m0/s1. The van der Waals surface area contributed by atoms with Gasteiger partial charge in [-0.2, -0.15) is 0 Å². The number of rotatable bonds is 12. The van der Waals surface area contributed by atoms with Crippen LogP contribution < -0.4 is 0 Å². The summed E-state index contributed by atoms with van der Waals surface area (Å²) >= 11 is 0. The molecule has 204 valence electrons. The molecule has 0 heterocycles. The smallest absolute Gasteiger partial charge is 0.434 e. The van der Waals surface area contributed by atoms with Gasteiger partial charge >= 0.3 is 6.16 Å². The maximum Gasteiger partial charge on any atom is 0.508 e. The third-order valence-electron chi connectivity index (χ3n) is 10.5. The lowest BCUT2D eigenvalue weighted by Gasteiger charge is -2.53. The molecule has 4 heteroatoms. The highest BCUT2D eigenvalue weighted by atomic mass is 16.7. The molecule has 0 N–H and O–H groups in total. The molecule has 0 amide bonds. The fraction of sp³-hybridized carbons (Fsp3) is 0.875. The molecule has 4 aliphatic rings. The first-order chi connectivity index (χ1) is 17.4. The molecule has 0 spiro atoms. The van der Waals surface area contributed by atoms with Crippen LogP contribution in [0.4, 0.5) is 4.79 Å². The van der Waals surface area contributed by atoms with Gasteiger partial charge in [0.05, 0.1) is 6.61 Å². The maximum atomic E-state index is 12.6. The fourth-order valence-electron chi connectivity index (χ4n) is 8.40. The summed E-state index contributed by atoms with van der Waals surface area (Å²) in [5.74, 6) is 3.43. The summed E-state index contributed by atoms with van der Waals surface area (Å²) in [6.07, 6.45) is 21.8. The molecular formula is C32H52O4. The van der Waals surface area contributed by atoms with E-state index >= 15 is 0 Å². The molecule has 0 saturated heterocycles. The van der Waals surface area contributed by atoms with Gasteiger partial charge in [0.1, 0.15) is 6.10 Å². The van der Waals surface area contributed by atoms with E-state index in [2.05, 4.69) is 20.8 Å². The van der Waals surface area contributed by atoms with Gasteiger partial charge in [-0.3, -0.25) is 4.79 Å². The Labute approximate surface area is 220 Å². The van der Waals surface area contributed by atoms with E-state index in [-0.39, 0.29) is 11.5 Å². The molecular weight excluding hydrogens is 448 g/mol. The minimum absolute atomic E-state index is 0.0103. The highest BCUT2D eigenvalue weighted by Crippen LogP contribution is 2.62. The van der Waals surface area contributed by atoms with Crippen LogP contribution in [0.15, 0.2) is 11.6 Å². The van der Waals surface area contributed by atoms with E-state index in [0.29, 0.717) is 30.1 Å². The fourth-order valence-corrected chi connectivity index (χ4v) is 8.40. The van der Waals surface area contributed by atoms with Crippen LogP contribution in [-0.4, -0.2) is 24.6 Å². The van der Waals surface area contributed by atoms with Crippen molar-refractivity contribution < 1.29 is 19.1 Å². The number of allylic oxidation sites excluding steroid dienone is 1. The third-order valence-corrected chi connectivity index (χ3v) is 10.5. The lowest BCUT2D eigenvalue weighted by atomic mass is 9.52. The van der Waals surface area contributed by atoms with E-state index in [1.807, 2.05) is 6.08 Å². The van der Waals surface area contributed by atoms with Gasteiger partial charge in [0.25, 0.3) is 0 Å². The van der Waals surface area contributed by atoms with Crippen LogP contribution in [0, 0.1) is 35.0 Å². The topological polar surface area (TPSA) is 52.6 Å². The summed E-state index contributed by atoms with van der Waals surface area (Å²) in [4.78, 5) is 24.6. The van der Waals surface area contributed by atoms with Crippen molar-refractivity contribution in [1.29, 1.82) is 0 Å². The van der Waals surface area contributed by atoms with Crippen molar-refractivity contribution in [3.63, 3.8) is 0 Å². The van der Waals surface area contributed by atoms with Crippen LogP contribution in [0.3, 0.4) is 0 Å². The van der Waals surface area contributed by atoms with Crippen molar-refractivity contribution in [2.45, 2.75) is 136 Å². The van der Waals surface area contributed by atoms with E-state index in [1.54, 1.807) is 0 Å². The minimum atomic E-state index is -0.452. The van der Waals surface area contributed by atoms with E-state index in [0.717, 1.165) is 56.8 Å². The average molecular weight is 501 g/mol. The summed E-state index contributed by atoms with van der Waals surface area (Å²) in [5, 5.41) is 0. The summed E-state index contributed by atoms with van der Waals surface area (Å²) in [6, 6.07) is 0. The van der Waals surface area contributed by atoms with E-state index in [9.17, 15) is 9.59 Å². The Kier molecular flexibility index (Phi) is 9.98. The first kappa shape index (κ1) is 27.7. The zero-order valence-electron chi connectivity index (χ0n) is 23.4. The molecule has 4 nitrogen and oxygen atoms in total. The second kappa shape index (κ2) is 13.0. The van der Waals surface area contributed by atoms with Gasteiger partial charge in [-0.05, 0) is 87.0 Å².